The lowest BCUT2D eigenvalue weighted by molar-refractivity contribution is -0.139. The van der Waals surface area contributed by atoms with Crippen LogP contribution in [0.25, 0.3) is 0 Å². The van der Waals surface area contributed by atoms with Gasteiger partial charge in [0, 0.05) is 12.6 Å². The standard InChI is InChI=1S/C33H41N3O5S/c1-25-11-10-14-28(21-25)22-35(26(2)33(38)34-29-15-8-5-9-16-29)32(37)23-36(42(3,39)40)30-17-19-31(20-18-30)41-24-27-12-6-4-7-13-27/h4,6-7,10-14,17-21,26,29H,5,8-9,15-16,22-24H2,1-3H3,(H,34,38)/t26-/m1/s1. The fourth-order valence-corrected chi connectivity index (χ4v) is 6.07. The van der Waals surface area contributed by atoms with Crippen LogP contribution in [0.5, 0.6) is 5.75 Å². The van der Waals surface area contributed by atoms with Crippen molar-refractivity contribution in [3.8, 4) is 5.75 Å². The topological polar surface area (TPSA) is 96.0 Å². The summed E-state index contributed by atoms with van der Waals surface area (Å²) in [5, 5.41) is 3.12. The summed E-state index contributed by atoms with van der Waals surface area (Å²) in [4.78, 5) is 28.6. The molecule has 1 aliphatic rings. The Balaban J connectivity index is 1.52. The molecule has 2 amide bonds. The van der Waals surface area contributed by atoms with E-state index in [2.05, 4.69) is 5.32 Å². The van der Waals surface area contributed by atoms with Gasteiger partial charge in [-0.15, -0.1) is 0 Å². The second-order valence-corrected chi connectivity index (χ2v) is 13.0. The molecule has 0 spiro atoms. The molecule has 42 heavy (non-hydrogen) atoms. The third-order valence-electron chi connectivity index (χ3n) is 7.61. The molecule has 224 valence electrons. The van der Waals surface area contributed by atoms with Gasteiger partial charge >= 0.3 is 0 Å². The van der Waals surface area contributed by atoms with Crippen LogP contribution in [-0.4, -0.2) is 50.0 Å². The van der Waals surface area contributed by atoms with Crippen molar-refractivity contribution >= 4 is 27.5 Å². The van der Waals surface area contributed by atoms with Crippen molar-refractivity contribution in [2.75, 3.05) is 17.1 Å². The number of sulfonamides is 1. The molecule has 4 rings (SSSR count). The minimum absolute atomic E-state index is 0.0970. The van der Waals surface area contributed by atoms with Crippen LogP contribution in [0.15, 0.2) is 78.9 Å². The van der Waals surface area contributed by atoms with E-state index in [0.717, 1.165) is 52.9 Å². The molecule has 1 aliphatic carbocycles. The number of carbonyl (C=O) groups is 2. The van der Waals surface area contributed by atoms with Crippen LogP contribution in [0.4, 0.5) is 5.69 Å². The van der Waals surface area contributed by atoms with E-state index < -0.39 is 28.5 Å². The highest BCUT2D eigenvalue weighted by Crippen LogP contribution is 2.24. The molecule has 0 heterocycles. The Kier molecular flexibility index (Phi) is 10.6. The zero-order valence-corrected chi connectivity index (χ0v) is 25.5. The number of nitrogens with zero attached hydrogens (tertiary/aromatic N) is 2. The molecular weight excluding hydrogens is 550 g/mol. The van der Waals surface area contributed by atoms with Gasteiger partial charge in [0.1, 0.15) is 24.9 Å². The van der Waals surface area contributed by atoms with Crippen molar-refractivity contribution in [1.29, 1.82) is 0 Å². The lowest BCUT2D eigenvalue weighted by Crippen LogP contribution is -2.52. The van der Waals surface area contributed by atoms with Gasteiger partial charge in [-0.2, -0.15) is 0 Å². The van der Waals surface area contributed by atoms with E-state index >= 15 is 0 Å². The molecule has 0 unspecified atom stereocenters. The van der Waals surface area contributed by atoms with E-state index in [1.165, 1.54) is 11.3 Å². The molecule has 0 aromatic heterocycles. The summed E-state index contributed by atoms with van der Waals surface area (Å²) in [6.07, 6.45) is 6.25. The first-order chi connectivity index (χ1) is 20.1. The maximum absolute atomic E-state index is 13.8. The number of ether oxygens (including phenoxy) is 1. The van der Waals surface area contributed by atoms with Gasteiger partial charge in [-0.25, -0.2) is 8.42 Å². The van der Waals surface area contributed by atoms with Crippen molar-refractivity contribution in [3.05, 3.63) is 95.6 Å². The number of aryl methyl sites for hydroxylation is 1. The largest absolute Gasteiger partial charge is 0.489 e. The molecule has 3 aromatic rings. The minimum atomic E-state index is -3.82. The fraction of sp³-hybridized carbons (Fsp3) is 0.394. The van der Waals surface area contributed by atoms with E-state index in [9.17, 15) is 18.0 Å². The Bertz CT molecular complexity index is 1440. The molecule has 8 nitrogen and oxygen atoms in total. The molecule has 9 heteroatoms. The van der Waals surface area contributed by atoms with E-state index in [1.54, 1.807) is 31.2 Å². The van der Waals surface area contributed by atoms with Crippen molar-refractivity contribution < 1.29 is 22.7 Å². The molecule has 1 fully saturated rings. The number of anilines is 1. The third kappa shape index (κ3) is 8.82. The molecule has 3 aromatic carbocycles. The van der Waals surface area contributed by atoms with E-state index in [0.29, 0.717) is 18.0 Å². The average Bonchev–Trinajstić information content (AvgIpc) is 2.98. The molecule has 0 bridgehead atoms. The number of benzene rings is 3. The summed E-state index contributed by atoms with van der Waals surface area (Å²) in [7, 11) is -3.82. The van der Waals surface area contributed by atoms with Crippen molar-refractivity contribution in [2.45, 2.75) is 71.2 Å². The Labute approximate surface area is 249 Å². The van der Waals surface area contributed by atoms with Crippen LogP contribution in [0.2, 0.25) is 0 Å². The maximum Gasteiger partial charge on any atom is 0.244 e. The van der Waals surface area contributed by atoms with Crippen LogP contribution in [0.1, 0.15) is 55.7 Å². The lowest BCUT2D eigenvalue weighted by atomic mass is 9.95. The maximum atomic E-state index is 13.8. The van der Waals surface area contributed by atoms with Crippen LogP contribution in [-0.2, 0) is 32.8 Å². The number of amides is 2. The van der Waals surface area contributed by atoms with E-state index in [4.69, 9.17) is 4.74 Å². The van der Waals surface area contributed by atoms with Crippen molar-refractivity contribution in [2.24, 2.45) is 0 Å². The molecule has 1 atom stereocenters. The van der Waals surface area contributed by atoms with Crippen molar-refractivity contribution in [3.63, 3.8) is 0 Å². The quantitative estimate of drug-likeness (QED) is 0.312. The van der Waals surface area contributed by atoms with Gasteiger partial charge in [-0.05, 0) is 62.1 Å². The van der Waals surface area contributed by atoms with Crippen LogP contribution in [0.3, 0.4) is 0 Å². The van der Waals surface area contributed by atoms with Crippen LogP contribution < -0.4 is 14.4 Å². The summed E-state index contributed by atoms with van der Waals surface area (Å²) in [6.45, 7) is 3.80. The average molecular weight is 592 g/mol. The zero-order chi connectivity index (χ0) is 30.1. The van der Waals surface area contributed by atoms with Gasteiger partial charge in [-0.1, -0.05) is 79.4 Å². The second kappa shape index (κ2) is 14.4. The summed E-state index contributed by atoms with van der Waals surface area (Å²) >= 11 is 0. The SMILES string of the molecule is Cc1cccc(CN(C(=O)CN(c2ccc(OCc3ccccc3)cc2)S(C)(=O)=O)[C@H](C)C(=O)NC2CCCCC2)c1. The molecule has 1 saturated carbocycles. The summed E-state index contributed by atoms with van der Waals surface area (Å²) < 4.78 is 32.7. The highest BCUT2D eigenvalue weighted by Gasteiger charge is 2.31. The first-order valence-electron chi connectivity index (χ1n) is 14.5. The first-order valence-corrected chi connectivity index (χ1v) is 16.3. The van der Waals surface area contributed by atoms with Gasteiger partial charge in [0.15, 0.2) is 0 Å². The molecular formula is C33H41N3O5S. The third-order valence-corrected chi connectivity index (χ3v) is 8.75. The molecule has 0 saturated heterocycles. The van der Waals surface area contributed by atoms with Crippen molar-refractivity contribution in [1.82, 2.24) is 10.2 Å². The van der Waals surface area contributed by atoms with Crippen LogP contribution in [0, 0.1) is 6.92 Å². The van der Waals surface area contributed by atoms with E-state index in [1.807, 2.05) is 61.5 Å². The van der Waals surface area contributed by atoms with Gasteiger partial charge in [0.25, 0.3) is 0 Å². The fourth-order valence-electron chi connectivity index (χ4n) is 5.22. The Morgan fingerprint density at radius 2 is 1.60 bits per heavy atom. The highest BCUT2D eigenvalue weighted by atomic mass is 32.2. The Hall–Kier alpha value is -3.85. The van der Waals surface area contributed by atoms with Gasteiger partial charge in [0.2, 0.25) is 21.8 Å². The number of hydrogen-bond donors (Lipinski definition) is 1. The lowest BCUT2D eigenvalue weighted by Gasteiger charge is -2.33. The minimum Gasteiger partial charge on any atom is -0.489 e. The Morgan fingerprint density at radius 1 is 0.929 bits per heavy atom. The molecule has 0 aliphatic heterocycles. The summed E-state index contributed by atoms with van der Waals surface area (Å²) in [6, 6.07) is 23.4. The number of rotatable bonds is 12. The smallest absolute Gasteiger partial charge is 0.244 e. The number of carbonyl (C=O) groups excluding carboxylic acids is 2. The predicted molar refractivity (Wildman–Crippen MR) is 166 cm³/mol. The zero-order valence-electron chi connectivity index (χ0n) is 24.7. The highest BCUT2D eigenvalue weighted by molar-refractivity contribution is 7.92. The van der Waals surface area contributed by atoms with Crippen LogP contribution >= 0.6 is 0 Å². The number of hydrogen-bond acceptors (Lipinski definition) is 5. The van der Waals surface area contributed by atoms with Gasteiger partial charge in [-0.3, -0.25) is 13.9 Å². The first kappa shape index (κ1) is 31.1. The normalized spacial score (nSPS) is 14.5. The molecule has 0 radical (unpaired) electrons. The molecule has 1 N–H and O–H groups in total. The Morgan fingerprint density at radius 3 is 2.24 bits per heavy atom. The number of nitrogens with one attached hydrogen (secondary N) is 1. The second-order valence-electron chi connectivity index (χ2n) is 11.1. The summed E-state index contributed by atoms with van der Waals surface area (Å²) in [5.41, 5.74) is 3.26. The van der Waals surface area contributed by atoms with E-state index in [-0.39, 0.29) is 18.5 Å². The predicted octanol–water partition coefficient (Wildman–Crippen LogP) is 5.21. The van der Waals surface area contributed by atoms with Gasteiger partial charge in [0.05, 0.1) is 11.9 Å². The monoisotopic (exact) mass is 591 g/mol. The summed E-state index contributed by atoms with van der Waals surface area (Å²) in [5.74, 6) is -0.109. The van der Waals surface area contributed by atoms with Gasteiger partial charge < -0.3 is 15.0 Å².